The largest absolute Gasteiger partial charge is 0.466 e. The highest BCUT2D eigenvalue weighted by molar-refractivity contribution is 9.11. The third-order valence-electron chi connectivity index (χ3n) is 5.31. The molecule has 4 rings (SSSR count). The lowest BCUT2D eigenvalue weighted by Crippen LogP contribution is -2.31. The Hall–Kier alpha value is -2.82. The molecule has 0 fully saturated rings. The second-order valence-corrected chi connectivity index (χ2v) is 8.80. The lowest BCUT2D eigenvalue weighted by molar-refractivity contribution is -0.136. The molecule has 1 heterocycles. The molecule has 1 aliphatic carbocycles. The van der Waals surface area contributed by atoms with Crippen LogP contribution in [-0.2, 0) is 14.3 Å². The fourth-order valence-electron chi connectivity index (χ4n) is 3.81. The van der Waals surface area contributed by atoms with E-state index >= 15 is 0 Å². The lowest BCUT2D eigenvalue weighted by Gasteiger charge is -2.23. The van der Waals surface area contributed by atoms with Crippen LogP contribution in [0.25, 0.3) is 0 Å². The summed E-state index contributed by atoms with van der Waals surface area (Å²) in [7, 11) is 1.20. The molecule has 2 aromatic rings. The second-order valence-electron chi connectivity index (χ2n) is 7.09. The van der Waals surface area contributed by atoms with Gasteiger partial charge >= 0.3 is 5.97 Å². The zero-order valence-electron chi connectivity index (χ0n) is 16.7. The van der Waals surface area contributed by atoms with Crippen LogP contribution in [-0.4, -0.2) is 60.3 Å². The molecule has 8 nitrogen and oxygen atoms in total. The highest BCUT2D eigenvalue weighted by Crippen LogP contribution is 2.41. The smallest absolute Gasteiger partial charge is 0.337 e. The number of methoxy groups -OCH3 is 1. The molecule has 164 valence electrons. The van der Waals surface area contributed by atoms with Crippen LogP contribution < -0.4 is 5.32 Å². The maximum Gasteiger partial charge on any atom is 0.337 e. The fourth-order valence-corrected chi connectivity index (χ4v) is 5.25. The number of β-amino-alcohol motifs (C(OH)–C–C–N with tert-alkyl or cyclic N) is 1. The first kappa shape index (κ1) is 22.4. The maximum absolute atomic E-state index is 13.4. The topological polar surface area (TPSA) is 113 Å². The summed E-state index contributed by atoms with van der Waals surface area (Å²) >= 11 is 6.77. The van der Waals surface area contributed by atoms with Crippen molar-refractivity contribution in [3.8, 4) is 0 Å². The van der Waals surface area contributed by atoms with Gasteiger partial charge < -0.3 is 20.1 Å². The fraction of sp³-hybridized carbons (Fsp3) is 0.182. The first-order chi connectivity index (χ1) is 15.3. The van der Waals surface area contributed by atoms with Crippen LogP contribution in [0.2, 0.25) is 0 Å². The molecule has 0 unspecified atom stereocenters. The quantitative estimate of drug-likeness (QED) is 0.459. The summed E-state index contributed by atoms with van der Waals surface area (Å²) in [5.41, 5.74) is 0.961. The van der Waals surface area contributed by atoms with Gasteiger partial charge in [0.25, 0.3) is 5.91 Å². The van der Waals surface area contributed by atoms with Crippen molar-refractivity contribution in [2.75, 3.05) is 32.1 Å². The van der Waals surface area contributed by atoms with Gasteiger partial charge in [-0.2, -0.15) is 0 Å². The van der Waals surface area contributed by atoms with Gasteiger partial charge in [-0.15, -0.1) is 0 Å². The summed E-state index contributed by atoms with van der Waals surface area (Å²) in [6, 6.07) is 8.11. The van der Waals surface area contributed by atoms with E-state index in [-0.39, 0.29) is 59.1 Å². The number of esters is 1. The Kier molecular flexibility index (Phi) is 6.02. The van der Waals surface area contributed by atoms with Crippen molar-refractivity contribution in [3.05, 3.63) is 72.8 Å². The first-order valence-electron chi connectivity index (χ1n) is 9.49. The predicted molar refractivity (Wildman–Crippen MR) is 121 cm³/mol. The number of aliphatic hydroxyl groups excluding tert-OH is 1. The summed E-state index contributed by atoms with van der Waals surface area (Å²) in [6.07, 6.45) is 0. The Morgan fingerprint density at radius 3 is 2.31 bits per heavy atom. The zero-order chi connectivity index (χ0) is 23.2. The summed E-state index contributed by atoms with van der Waals surface area (Å²) in [5, 5.41) is 12.2. The Bertz CT molecular complexity index is 1240. The average Bonchev–Trinajstić information content (AvgIpc) is 3.08. The van der Waals surface area contributed by atoms with Crippen LogP contribution in [0.5, 0.6) is 0 Å². The van der Waals surface area contributed by atoms with Crippen LogP contribution in [0.1, 0.15) is 31.8 Å². The number of halogens is 2. The van der Waals surface area contributed by atoms with Crippen molar-refractivity contribution in [2.45, 2.75) is 0 Å². The molecular weight excluding hydrogens is 548 g/mol. The van der Waals surface area contributed by atoms with Crippen molar-refractivity contribution < 1.29 is 29.0 Å². The summed E-state index contributed by atoms with van der Waals surface area (Å²) in [6.45, 7) is -0.315. The van der Waals surface area contributed by atoms with E-state index in [0.29, 0.717) is 14.5 Å². The molecule has 0 saturated heterocycles. The minimum absolute atomic E-state index is 0.0227. The van der Waals surface area contributed by atoms with Gasteiger partial charge in [-0.3, -0.25) is 14.4 Å². The van der Waals surface area contributed by atoms with Crippen molar-refractivity contribution in [1.29, 1.82) is 0 Å². The number of benzene rings is 2. The third-order valence-corrected chi connectivity index (χ3v) is 6.56. The van der Waals surface area contributed by atoms with Gasteiger partial charge in [0, 0.05) is 26.6 Å². The molecule has 10 heteroatoms. The second kappa shape index (κ2) is 8.61. The predicted octanol–water partition coefficient (Wildman–Crippen LogP) is 2.66. The number of fused-ring (bicyclic) bond motifs is 2. The number of ether oxygens (including phenoxy) is 1. The molecule has 0 saturated carbocycles. The van der Waals surface area contributed by atoms with E-state index in [1.807, 2.05) is 0 Å². The maximum atomic E-state index is 13.4. The molecular formula is C22H16Br2N2O6. The van der Waals surface area contributed by atoms with E-state index in [2.05, 4.69) is 37.2 Å². The van der Waals surface area contributed by atoms with Crippen molar-refractivity contribution in [1.82, 2.24) is 4.90 Å². The number of carbonyl (C=O) groups excluding carboxylic acids is 4. The minimum atomic E-state index is -0.712. The van der Waals surface area contributed by atoms with Gasteiger partial charge in [-0.05, 0) is 37.9 Å². The molecule has 1 amide bonds. The molecule has 0 atom stereocenters. The van der Waals surface area contributed by atoms with Crippen LogP contribution in [0.15, 0.2) is 50.5 Å². The van der Waals surface area contributed by atoms with Gasteiger partial charge in [0.15, 0.2) is 11.6 Å². The van der Waals surface area contributed by atoms with Crippen LogP contribution in [0.4, 0.5) is 5.69 Å². The number of nitrogens with one attached hydrogen (secondary N) is 1. The van der Waals surface area contributed by atoms with E-state index < -0.39 is 17.7 Å². The number of rotatable bonds is 5. The van der Waals surface area contributed by atoms with Gasteiger partial charge in [0.05, 0.1) is 42.6 Å². The Morgan fingerprint density at radius 1 is 1.09 bits per heavy atom. The van der Waals surface area contributed by atoms with E-state index in [4.69, 9.17) is 4.74 Å². The normalized spacial score (nSPS) is 15.1. The monoisotopic (exact) mass is 562 g/mol. The molecule has 1 aliphatic heterocycles. The van der Waals surface area contributed by atoms with Crippen LogP contribution >= 0.6 is 31.9 Å². The number of anilines is 1. The highest BCUT2D eigenvalue weighted by Gasteiger charge is 2.38. The number of hydrogen-bond acceptors (Lipinski definition) is 7. The average molecular weight is 564 g/mol. The zero-order valence-corrected chi connectivity index (χ0v) is 19.9. The number of carbonyl (C=O) groups is 4. The Morgan fingerprint density at radius 2 is 1.72 bits per heavy atom. The summed E-state index contributed by atoms with van der Waals surface area (Å²) < 4.78 is 5.63. The Labute approximate surface area is 199 Å². The number of ketones is 2. The van der Waals surface area contributed by atoms with Crippen LogP contribution in [0.3, 0.4) is 0 Å². The third kappa shape index (κ3) is 3.48. The van der Waals surface area contributed by atoms with Crippen molar-refractivity contribution >= 4 is 61.0 Å². The Balaban J connectivity index is 1.89. The number of hydrogen-bond donors (Lipinski definition) is 2. The van der Waals surface area contributed by atoms with Gasteiger partial charge in [-0.25, -0.2) is 4.79 Å². The summed E-state index contributed by atoms with van der Waals surface area (Å²) in [4.78, 5) is 53.1. The van der Waals surface area contributed by atoms with Crippen molar-refractivity contribution in [3.63, 3.8) is 0 Å². The van der Waals surface area contributed by atoms with Gasteiger partial charge in [-0.1, -0.05) is 24.3 Å². The number of amides is 1. The molecule has 2 aliphatic rings. The first-order valence-corrected chi connectivity index (χ1v) is 11.1. The number of aliphatic hydroxyl groups is 1. The highest BCUT2D eigenvalue weighted by atomic mass is 79.9. The van der Waals surface area contributed by atoms with Gasteiger partial charge in [0.1, 0.15) is 5.70 Å². The van der Waals surface area contributed by atoms with E-state index in [1.54, 1.807) is 30.3 Å². The molecule has 0 spiro atoms. The molecule has 32 heavy (non-hydrogen) atoms. The molecule has 0 radical (unpaired) electrons. The SMILES string of the molecule is COC(=O)C1=C(Nc2c(Br)cc(Br)c3c2C(=O)c2ccccc2C3=O)C(=O)N(CCO)C1. The van der Waals surface area contributed by atoms with E-state index in [1.165, 1.54) is 12.0 Å². The van der Waals surface area contributed by atoms with Gasteiger partial charge in [0.2, 0.25) is 0 Å². The standard InChI is InChI=1S/C22H16Br2N2O6/c1-32-22(31)12-9-26(6-7-27)21(30)17(12)25-18-14(24)8-13(23)15-16(18)20(29)11-5-3-2-4-10(11)19(15)28/h2-5,8,25,27H,6-7,9H2,1H3. The molecule has 2 N–H and O–H groups in total. The minimum Gasteiger partial charge on any atom is -0.466 e. The molecule has 0 bridgehead atoms. The lowest BCUT2D eigenvalue weighted by atomic mass is 9.83. The van der Waals surface area contributed by atoms with E-state index in [0.717, 1.165) is 0 Å². The summed E-state index contributed by atoms with van der Waals surface area (Å²) in [5.74, 6) is -1.97. The number of nitrogens with zero attached hydrogens (tertiary/aromatic N) is 1. The van der Waals surface area contributed by atoms with E-state index in [9.17, 15) is 24.3 Å². The molecule has 2 aromatic carbocycles. The van der Waals surface area contributed by atoms with Crippen LogP contribution in [0, 0.1) is 0 Å². The van der Waals surface area contributed by atoms with Crippen molar-refractivity contribution in [2.24, 2.45) is 0 Å². The molecule has 0 aromatic heterocycles.